The van der Waals surface area contributed by atoms with Crippen molar-refractivity contribution in [1.29, 1.82) is 0 Å². The first kappa shape index (κ1) is 17.5. The van der Waals surface area contributed by atoms with E-state index >= 15 is 0 Å². The molecular weight excluding hydrogens is 316 g/mol. The molecule has 23 heavy (non-hydrogen) atoms. The van der Waals surface area contributed by atoms with Gasteiger partial charge in [0.05, 0.1) is 16.6 Å². The molecule has 1 heterocycles. The lowest BCUT2D eigenvalue weighted by molar-refractivity contribution is -0.147. The fraction of sp³-hybridized carbons (Fsp3) is 0.471. The average Bonchev–Trinajstić information content (AvgIpc) is 2.56. The van der Waals surface area contributed by atoms with Crippen molar-refractivity contribution in [2.24, 2.45) is 0 Å². The molecule has 2 rings (SSSR count). The van der Waals surface area contributed by atoms with Gasteiger partial charge in [-0.2, -0.15) is 0 Å². The maximum absolute atomic E-state index is 12.1. The van der Waals surface area contributed by atoms with E-state index in [1.807, 2.05) is 13.8 Å². The lowest BCUT2D eigenvalue weighted by Gasteiger charge is -2.21. The number of aryl methyl sites for hydroxylation is 1. The fourth-order valence-corrected chi connectivity index (χ4v) is 3.71. The zero-order chi connectivity index (χ0) is 17.6. The van der Waals surface area contributed by atoms with E-state index in [-0.39, 0.29) is 16.8 Å². The molecule has 1 aliphatic heterocycles. The largest absolute Gasteiger partial charge is 0.484 e. The Morgan fingerprint density at radius 3 is 2.30 bits per heavy atom. The molecule has 1 aromatic rings. The van der Waals surface area contributed by atoms with Gasteiger partial charge in [0.1, 0.15) is 5.60 Å². The average molecular weight is 338 g/mol. The van der Waals surface area contributed by atoms with E-state index in [9.17, 15) is 13.2 Å². The van der Waals surface area contributed by atoms with Crippen LogP contribution in [0.25, 0.3) is 5.57 Å². The highest BCUT2D eigenvalue weighted by Crippen LogP contribution is 2.41. The lowest BCUT2D eigenvalue weighted by atomic mass is 9.91. The predicted molar refractivity (Wildman–Crippen MR) is 87.6 cm³/mol. The van der Waals surface area contributed by atoms with E-state index in [0.29, 0.717) is 11.1 Å². The Bertz CT molecular complexity index is 785. The van der Waals surface area contributed by atoms with Crippen LogP contribution in [0.3, 0.4) is 0 Å². The van der Waals surface area contributed by atoms with Crippen LogP contribution in [0, 0.1) is 6.92 Å². The molecule has 1 aliphatic rings. The van der Waals surface area contributed by atoms with E-state index in [2.05, 4.69) is 0 Å². The van der Waals surface area contributed by atoms with Crippen molar-refractivity contribution in [2.45, 2.75) is 51.2 Å². The topological polar surface area (TPSA) is 69.7 Å². The summed E-state index contributed by atoms with van der Waals surface area (Å²) in [5.41, 5.74) is 1.15. The van der Waals surface area contributed by atoms with Crippen molar-refractivity contribution in [3.63, 3.8) is 0 Å². The number of carbonyl (C=O) groups excluding carboxylic acids is 1. The van der Waals surface area contributed by atoms with Crippen LogP contribution in [0.5, 0.6) is 0 Å². The zero-order valence-electron chi connectivity index (χ0n) is 14.3. The maximum atomic E-state index is 12.1. The molecule has 0 aromatic heterocycles. The van der Waals surface area contributed by atoms with Crippen molar-refractivity contribution in [2.75, 3.05) is 6.26 Å². The third-order valence-electron chi connectivity index (χ3n) is 3.58. The van der Waals surface area contributed by atoms with Crippen molar-refractivity contribution >= 4 is 21.4 Å². The Labute approximate surface area is 137 Å². The van der Waals surface area contributed by atoms with Crippen LogP contribution in [0.4, 0.5) is 0 Å². The van der Waals surface area contributed by atoms with Gasteiger partial charge in [-0.3, -0.25) is 0 Å². The molecule has 0 saturated carbocycles. The minimum atomic E-state index is -3.29. The standard InChI is InChI=1S/C17H22O5S/c1-10(2)21-15-14(17(4,5)22-16(15)18)12-7-8-13(11(3)9-12)23(6,19)20/h7-10H,1-6H3. The smallest absolute Gasteiger partial charge is 0.374 e. The number of ether oxygens (including phenoxy) is 2. The summed E-state index contributed by atoms with van der Waals surface area (Å²) < 4.78 is 34.6. The third-order valence-corrected chi connectivity index (χ3v) is 4.84. The first-order valence-corrected chi connectivity index (χ1v) is 9.28. The Morgan fingerprint density at radius 2 is 1.83 bits per heavy atom. The number of benzene rings is 1. The number of esters is 1. The number of rotatable bonds is 4. The summed E-state index contributed by atoms with van der Waals surface area (Å²) in [6.45, 7) is 8.98. The first-order valence-electron chi connectivity index (χ1n) is 7.39. The fourth-order valence-electron chi connectivity index (χ4n) is 2.75. The lowest BCUT2D eigenvalue weighted by Crippen LogP contribution is -2.22. The van der Waals surface area contributed by atoms with Crippen LogP contribution in [0.1, 0.15) is 38.8 Å². The minimum absolute atomic E-state index is 0.169. The quantitative estimate of drug-likeness (QED) is 0.790. The highest BCUT2D eigenvalue weighted by molar-refractivity contribution is 7.90. The number of carbonyl (C=O) groups is 1. The van der Waals surface area contributed by atoms with Crippen molar-refractivity contribution in [3.8, 4) is 0 Å². The van der Waals surface area contributed by atoms with Gasteiger partial charge in [0.25, 0.3) is 0 Å². The number of hydrogen-bond donors (Lipinski definition) is 0. The molecule has 6 heteroatoms. The van der Waals surface area contributed by atoms with Gasteiger partial charge in [-0.1, -0.05) is 12.1 Å². The Morgan fingerprint density at radius 1 is 1.22 bits per heavy atom. The number of cyclic esters (lactones) is 1. The van der Waals surface area contributed by atoms with Gasteiger partial charge in [0, 0.05) is 6.26 Å². The van der Waals surface area contributed by atoms with Gasteiger partial charge < -0.3 is 9.47 Å². The maximum Gasteiger partial charge on any atom is 0.374 e. The number of hydrogen-bond acceptors (Lipinski definition) is 5. The summed E-state index contributed by atoms with van der Waals surface area (Å²) in [6.07, 6.45) is 1.01. The van der Waals surface area contributed by atoms with Gasteiger partial charge in [-0.05, 0) is 51.8 Å². The molecule has 0 unspecified atom stereocenters. The van der Waals surface area contributed by atoms with Gasteiger partial charge in [0.15, 0.2) is 9.84 Å². The molecule has 0 amide bonds. The molecule has 5 nitrogen and oxygen atoms in total. The van der Waals surface area contributed by atoms with Gasteiger partial charge in [-0.15, -0.1) is 0 Å². The molecular formula is C17H22O5S. The first-order chi connectivity index (χ1) is 10.4. The van der Waals surface area contributed by atoms with E-state index in [1.54, 1.807) is 39.0 Å². The summed E-state index contributed by atoms with van der Waals surface area (Å²) in [7, 11) is -3.29. The molecule has 126 valence electrons. The van der Waals surface area contributed by atoms with E-state index < -0.39 is 21.4 Å². The summed E-state index contributed by atoms with van der Waals surface area (Å²) in [5.74, 6) is -0.306. The second-order valence-electron chi connectivity index (χ2n) is 6.52. The SMILES string of the molecule is Cc1cc(C2=C(OC(C)C)C(=O)OC2(C)C)ccc1S(C)(=O)=O. The predicted octanol–water partition coefficient (Wildman–Crippen LogP) is 2.87. The van der Waals surface area contributed by atoms with Crippen molar-refractivity contribution in [1.82, 2.24) is 0 Å². The molecule has 0 fully saturated rings. The molecule has 0 bridgehead atoms. The second kappa shape index (κ2) is 5.67. The van der Waals surface area contributed by atoms with Gasteiger partial charge >= 0.3 is 5.97 Å². The minimum Gasteiger partial charge on any atom is -0.484 e. The zero-order valence-corrected chi connectivity index (χ0v) is 15.1. The second-order valence-corrected chi connectivity index (χ2v) is 8.51. The van der Waals surface area contributed by atoms with Crippen LogP contribution < -0.4 is 0 Å². The van der Waals surface area contributed by atoms with Crippen molar-refractivity contribution < 1.29 is 22.7 Å². The summed E-state index contributed by atoms with van der Waals surface area (Å²) in [5, 5.41) is 0. The van der Waals surface area contributed by atoms with Gasteiger partial charge in [0.2, 0.25) is 5.76 Å². The molecule has 1 aromatic carbocycles. The Hall–Kier alpha value is -1.82. The van der Waals surface area contributed by atoms with E-state index in [1.165, 1.54) is 6.26 Å². The van der Waals surface area contributed by atoms with Crippen LogP contribution in [-0.2, 0) is 24.1 Å². The van der Waals surface area contributed by atoms with E-state index in [0.717, 1.165) is 5.56 Å². The third kappa shape index (κ3) is 3.42. The van der Waals surface area contributed by atoms with Crippen LogP contribution >= 0.6 is 0 Å². The molecule has 0 atom stereocenters. The van der Waals surface area contributed by atoms with Crippen LogP contribution in [-0.4, -0.2) is 32.3 Å². The van der Waals surface area contributed by atoms with Crippen LogP contribution in [0.2, 0.25) is 0 Å². The Balaban J connectivity index is 2.63. The molecule has 0 aliphatic carbocycles. The van der Waals surface area contributed by atoms with Gasteiger partial charge in [-0.25, -0.2) is 13.2 Å². The van der Waals surface area contributed by atoms with Crippen molar-refractivity contribution in [3.05, 3.63) is 35.1 Å². The highest BCUT2D eigenvalue weighted by Gasteiger charge is 2.43. The Kier molecular flexibility index (Phi) is 4.32. The monoisotopic (exact) mass is 338 g/mol. The molecule has 0 N–H and O–H groups in total. The number of sulfone groups is 1. The summed E-state index contributed by atoms with van der Waals surface area (Å²) in [4.78, 5) is 12.4. The summed E-state index contributed by atoms with van der Waals surface area (Å²) in [6, 6.07) is 4.99. The highest BCUT2D eigenvalue weighted by atomic mass is 32.2. The van der Waals surface area contributed by atoms with Crippen LogP contribution in [0.15, 0.2) is 28.9 Å². The molecule has 0 radical (unpaired) electrons. The van der Waals surface area contributed by atoms with E-state index in [4.69, 9.17) is 9.47 Å². The molecule has 0 saturated heterocycles. The summed E-state index contributed by atoms with van der Waals surface area (Å²) >= 11 is 0. The molecule has 0 spiro atoms. The normalized spacial score (nSPS) is 17.6.